The van der Waals surface area contributed by atoms with Crippen LogP contribution in [0.5, 0.6) is 0 Å². The molecule has 3 nitrogen and oxygen atoms in total. The number of Topliss-reactive ketones (excluding diaryl/α,β-unsaturated/α-hetero) is 3. The summed E-state index contributed by atoms with van der Waals surface area (Å²) in [5.74, 6) is -0.935. The first-order valence-electron chi connectivity index (χ1n) is 5.32. The van der Waals surface area contributed by atoms with Crippen LogP contribution in [0.1, 0.15) is 40.5 Å². The van der Waals surface area contributed by atoms with Crippen molar-refractivity contribution in [3.63, 3.8) is 0 Å². The van der Waals surface area contributed by atoms with Crippen LogP contribution in [0.3, 0.4) is 0 Å². The summed E-state index contributed by atoms with van der Waals surface area (Å²) in [4.78, 5) is 35.7. The third kappa shape index (κ3) is 0.745. The predicted molar refractivity (Wildman–Crippen MR) is 54.3 cm³/mol. The summed E-state index contributed by atoms with van der Waals surface area (Å²) in [5.41, 5.74) is -2.19. The molecular weight excluding hydrogens is 192 g/mol. The normalized spacial score (nSPS) is 42.4. The van der Waals surface area contributed by atoms with E-state index in [1.807, 2.05) is 20.8 Å². The van der Waals surface area contributed by atoms with Gasteiger partial charge in [0, 0.05) is 5.41 Å². The van der Waals surface area contributed by atoms with E-state index >= 15 is 0 Å². The van der Waals surface area contributed by atoms with Gasteiger partial charge < -0.3 is 0 Å². The van der Waals surface area contributed by atoms with E-state index in [9.17, 15) is 14.4 Å². The third-order valence-corrected chi connectivity index (χ3v) is 5.14. The van der Waals surface area contributed by atoms with Crippen LogP contribution in [0.4, 0.5) is 0 Å². The van der Waals surface area contributed by atoms with Gasteiger partial charge in [-0.25, -0.2) is 0 Å². The van der Waals surface area contributed by atoms with Gasteiger partial charge in [0.15, 0.2) is 0 Å². The van der Waals surface area contributed by atoms with Crippen LogP contribution in [0.25, 0.3) is 0 Å². The van der Waals surface area contributed by atoms with Crippen molar-refractivity contribution >= 4 is 17.3 Å². The molecule has 2 aliphatic rings. The second-order valence-electron chi connectivity index (χ2n) is 5.58. The van der Waals surface area contributed by atoms with Gasteiger partial charge >= 0.3 is 0 Å². The largest absolute Gasteiger partial charge is 0.299 e. The number of rotatable bonds is 1. The minimum atomic E-state index is -1.03. The summed E-state index contributed by atoms with van der Waals surface area (Å²) < 4.78 is 0. The van der Waals surface area contributed by atoms with Gasteiger partial charge in [-0.2, -0.15) is 0 Å². The molecule has 3 heteroatoms. The Balaban J connectivity index is 2.73. The summed E-state index contributed by atoms with van der Waals surface area (Å²) >= 11 is 0. The zero-order valence-corrected chi connectivity index (χ0v) is 9.64. The van der Waals surface area contributed by atoms with E-state index in [-0.39, 0.29) is 11.6 Å². The first-order chi connectivity index (χ1) is 6.72. The van der Waals surface area contributed by atoms with Crippen LogP contribution in [-0.2, 0) is 14.4 Å². The van der Waals surface area contributed by atoms with Crippen LogP contribution in [-0.4, -0.2) is 17.3 Å². The minimum absolute atomic E-state index is 0.146. The Morgan fingerprint density at radius 1 is 1.07 bits per heavy atom. The monoisotopic (exact) mass is 208 g/mol. The van der Waals surface area contributed by atoms with E-state index in [0.717, 1.165) is 0 Å². The topological polar surface area (TPSA) is 51.2 Å². The molecule has 0 saturated heterocycles. The number of ketones is 3. The van der Waals surface area contributed by atoms with Crippen molar-refractivity contribution in [2.75, 3.05) is 0 Å². The van der Waals surface area contributed by atoms with Gasteiger partial charge in [-0.05, 0) is 25.2 Å². The number of hydrogen-bond acceptors (Lipinski definition) is 3. The Morgan fingerprint density at radius 2 is 1.60 bits per heavy atom. The molecule has 2 rings (SSSR count). The molecule has 0 spiro atoms. The molecule has 2 bridgehead atoms. The highest BCUT2D eigenvalue weighted by atomic mass is 16.2. The Bertz CT molecular complexity index is 394. The van der Waals surface area contributed by atoms with Crippen molar-refractivity contribution in [2.45, 2.75) is 40.5 Å². The molecule has 0 amide bonds. The zero-order chi connectivity index (χ0) is 11.6. The zero-order valence-electron chi connectivity index (χ0n) is 9.64. The molecule has 0 heterocycles. The fourth-order valence-corrected chi connectivity index (χ4v) is 3.55. The number of hydrogen-bond donors (Lipinski definition) is 0. The highest BCUT2D eigenvalue weighted by Crippen LogP contribution is 2.69. The Kier molecular flexibility index (Phi) is 1.68. The SMILES string of the molecule is CC(=O)C12CCC(C)(C(=O)C1=O)C2(C)C. The quantitative estimate of drug-likeness (QED) is 0.485. The molecule has 82 valence electrons. The maximum absolute atomic E-state index is 12.0. The van der Waals surface area contributed by atoms with Crippen molar-refractivity contribution < 1.29 is 14.4 Å². The van der Waals surface area contributed by atoms with Crippen molar-refractivity contribution in [3.8, 4) is 0 Å². The number of carbonyl (C=O) groups is 3. The second kappa shape index (κ2) is 2.39. The minimum Gasteiger partial charge on any atom is -0.299 e. The average molecular weight is 208 g/mol. The maximum atomic E-state index is 12.0. The highest BCUT2D eigenvalue weighted by molar-refractivity contribution is 6.48. The lowest BCUT2D eigenvalue weighted by molar-refractivity contribution is -0.147. The first-order valence-corrected chi connectivity index (χ1v) is 5.32. The van der Waals surface area contributed by atoms with Crippen molar-refractivity contribution in [1.82, 2.24) is 0 Å². The van der Waals surface area contributed by atoms with Crippen molar-refractivity contribution in [1.29, 1.82) is 0 Å². The molecule has 0 aromatic carbocycles. The van der Waals surface area contributed by atoms with E-state index < -0.39 is 22.0 Å². The second-order valence-corrected chi connectivity index (χ2v) is 5.58. The molecule has 2 unspecified atom stereocenters. The van der Waals surface area contributed by atoms with E-state index in [4.69, 9.17) is 0 Å². The molecule has 2 saturated carbocycles. The smallest absolute Gasteiger partial charge is 0.213 e. The van der Waals surface area contributed by atoms with Gasteiger partial charge in [0.25, 0.3) is 0 Å². The maximum Gasteiger partial charge on any atom is 0.213 e. The fourth-order valence-electron chi connectivity index (χ4n) is 3.55. The van der Waals surface area contributed by atoms with Crippen LogP contribution in [0.15, 0.2) is 0 Å². The summed E-state index contributed by atoms with van der Waals surface area (Å²) in [7, 11) is 0. The van der Waals surface area contributed by atoms with E-state index in [0.29, 0.717) is 12.8 Å². The Labute approximate surface area is 89.2 Å². The Hall–Kier alpha value is -0.990. The summed E-state index contributed by atoms with van der Waals surface area (Å²) in [5, 5.41) is 0. The molecule has 0 aromatic rings. The van der Waals surface area contributed by atoms with Crippen LogP contribution in [0.2, 0.25) is 0 Å². The van der Waals surface area contributed by atoms with Crippen molar-refractivity contribution in [2.24, 2.45) is 16.2 Å². The number of carbonyl (C=O) groups excluding carboxylic acids is 3. The third-order valence-electron chi connectivity index (χ3n) is 5.14. The van der Waals surface area contributed by atoms with E-state index in [2.05, 4.69) is 0 Å². The summed E-state index contributed by atoms with van der Waals surface area (Å²) in [6.45, 7) is 7.02. The van der Waals surface area contributed by atoms with Gasteiger partial charge in [-0.1, -0.05) is 20.8 Å². The lowest BCUT2D eigenvalue weighted by Crippen LogP contribution is -2.43. The van der Waals surface area contributed by atoms with E-state index in [1.165, 1.54) is 6.92 Å². The van der Waals surface area contributed by atoms with Crippen molar-refractivity contribution in [3.05, 3.63) is 0 Å². The molecule has 15 heavy (non-hydrogen) atoms. The van der Waals surface area contributed by atoms with Gasteiger partial charge in [0.1, 0.15) is 11.2 Å². The van der Waals surface area contributed by atoms with E-state index in [1.54, 1.807) is 0 Å². The van der Waals surface area contributed by atoms with Gasteiger partial charge in [0.2, 0.25) is 11.6 Å². The number of fused-ring (bicyclic) bond motifs is 2. The molecule has 0 N–H and O–H groups in total. The fraction of sp³-hybridized carbons (Fsp3) is 0.750. The lowest BCUT2D eigenvalue weighted by atomic mass is 9.63. The lowest BCUT2D eigenvalue weighted by Gasteiger charge is -2.36. The molecule has 2 fully saturated rings. The molecule has 2 aliphatic carbocycles. The molecule has 2 atom stereocenters. The van der Waals surface area contributed by atoms with Crippen LogP contribution < -0.4 is 0 Å². The Morgan fingerprint density at radius 3 is 1.87 bits per heavy atom. The van der Waals surface area contributed by atoms with Gasteiger partial charge in [-0.15, -0.1) is 0 Å². The first kappa shape index (κ1) is 10.5. The van der Waals surface area contributed by atoms with Gasteiger partial charge in [-0.3, -0.25) is 14.4 Å². The summed E-state index contributed by atoms with van der Waals surface area (Å²) in [6, 6.07) is 0. The molecule has 0 radical (unpaired) electrons. The predicted octanol–water partition coefficient (Wildman–Crippen LogP) is 1.54. The van der Waals surface area contributed by atoms with Crippen LogP contribution in [0, 0.1) is 16.2 Å². The molecular formula is C12H16O3. The average Bonchev–Trinajstić information content (AvgIpc) is 2.39. The van der Waals surface area contributed by atoms with Gasteiger partial charge in [0.05, 0.1) is 0 Å². The highest BCUT2D eigenvalue weighted by Gasteiger charge is 2.76. The standard InChI is InChI=1S/C12H16O3/c1-7(13)12-6-5-11(4,10(12,2)3)8(14)9(12)15/h5-6H2,1-4H3. The van der Waals surface area contributed by atoms with Crippen LogP contribution >= 0.6 is 0 Å². The molecule has 0 aliphatic heterocycles. The summed E-state index contributed by atoms with van der Waals surface area (Å²) in [6.07, 6.45) is 1.20. The molecule has 0 aromatic heterocycles.